The van der Waals surface area contributed by atoms with Gasteiger partial charge in [-0.2, -0.15) is 0 Å². The number of halogens is 4. The van der Waals surface area contributed by atoms with E-state index in [2.05, 4.69) is 5.32 Å². The predicted octanol–water partition coefficient (Wildman–Crippen LogP) is 7.66. The SMILES string of the molecule is CCCNC(=O)C(Cc1ccccc1)N(Cc1c(Cl)cccc1Cl)C(=O)CN(c1cc(Cl)ccc1Cl)S(=O)(=O)c1ccccc1. The van der Waals surface area contributed by atoms with Gasteiger partial charge >= 0.3 is 0 Å². The average molecular weight is 708 g/mol. The zero-order chi connectivity index (χ0) is 32.6. The van der Waals surface area contributed by atoms with E-state index in [4.69, 9.17) is 46.4 Å². The third kappa shape index (κ3) is 8.71. The normalized spacial score (nSPS) is 11.9. The Labute approximate surface area is 283 Å². The molecule has 0 spiro atoms. The minimum atomic E-state index is -4.34. The molecule has 1 atom stereocenters. The summed E-state index contributed by atoms with van der Waals surface area (Å²) in [7, 11) is -4.34. The summed E-state index contributed by atoms with van der Waals surface area (Å²) >= 11 is 25.9. The number of nitrogens with zero attached hydrogens (tertiary/aromatic N) is 2. The van der Waals surface area contributed by atoms with Crippen molar-refractivity contribution in [3.8, 4) is 0 Å². The molecule has 0 heterocycles. The molecule has 0 saturated heterocycles. The van der Waals surface area contributed by atoms with Crippen LogP contribution in [0.3, 0.4) is 0 Å². The molecule has 12 heteroatoms. The minimum Gasteiger partial charge on any atom is -0.354 e. The topological polar surface area (TPSA) is 86.8 Å². The van der Waals surface area contributed by atoms with Gasteiger partial charge in [-0.15, -0.1) is 0 Å². The largest absolute Gasteiger partial charge is 0.354 e. The summed E-state index contributed by atoms with van der Waals surface area (Å²) in [5, 5.41) is 3.76. The lowest BCUT2D eigenvalue weighted by Crippen LogP contribution is -2.53. The van der Waals surface area contributed by atoms with Gasteiger partial charge in [-0.25, -0.2) is 8.42 Å². The minimum absolute atomic E-state index is 0.00661. The highest BCUT2D eigenvalue weighted by molar-refractivity contribution is 7.92. The number of carbonyl (C=O) groups is 2. The third-order valence-corrected chi connectivity index (χ3v) is 10.0. The first kappa shape index (κ1) is 34.6. The number of nitrogens with one attached hydrogen (secondary N) is 1. The second kappa shape index (κ2) is 15.8. The maximum Gasteiger partial charge on any atom is 0.264 e. The van der Waals surface area contributed by atoms with Gasteiger partial charge in [0.05, 0.1) is 15.6 Å². The summed E-state index contributed by atoms with van der Waals surface area (Å²) < 4.78 is 29.1. The molecular weight excluding hydrogens is 676 g/mol. The van der Waals surface area contributed by atoms with Crippen LogP contribution in [-0.2, 0) is 32.6 Å². The molecule has 4 aromatic rings. The molecule has 236 valence electrons. The lowest BCUT2D eigenvalue weighted by atomic mass is 10.0. The molecule has 0 radical (unpaired) electrons. The Hall–Kier alpha value is -3.27. The summed E-state index contributed by atoms with van der Waals surface area (Å²) in [5.74, 6) is -1.09. The third-order valence-electron chi connectivity index (χ3n) is 7.00. The number of amides is 2. The van der Waals surface area contributed by atoms with E-state index in [-0.39, 0.29) is 33.6 Å². The molecule has 0 saturated carbocycles. The fourth-order valence-corrected chi connectivity index (χ4v) is 7.08. The molecule has 0 aliphatic rings. The Balaban J connectivity index is 1.85. The highest BCUT2D eigenvalue weighted by atomic mass is 35.5. The van der Waals surface area contributed by atoms with Gasteiger partial charge in [-0.05, 0) is 54.4 Å². The molecule has 7 nitrogen and oxygen atoms in total. The van der Waals surface area contributed by atoms with Crippen molar-refractivity contribution in [1.29, 1.82) is 0 Å². The second-order valence-electron chi connectivity index (χ2n) is 10.1. The molecule has 2 amide bonds. The van der Waals surface area contributed by atoms with E-state index in [1.165, 1.54) is 35.2 Å². The van der Waals surface area contributed by atoms with E-state index >= 15 is 0 Å². The Kier molecular flexibility index (Phi) is 12.2. The second-order valence-corrected chi connectivity index (χ2v) is 13.7. The molecule has 1 unspecified atom stereocenters. The number of anilines is 1. The Morgan fingerprint density at radius 2 is 1.42 bits per heavy atom. The summed E-state index contributed by atoms with van der Waals surface area (Å²) in [5.41, 5.74) is 1.21. The van der Waals surface area contributed by atoms with Crippen LogP contribution in [0.2, 0.25) is 20.1 Å². The molecule has 45 heavy (non-hydrogen) atoms. The first-order valence-corrected chi connectivity index (χ1v) is 17.0. The van der Waals surface area contributed by atoms with E-state index in [1.54, 1.807) is 36.4 Å². The molecule has 1 N–H and O–H groups in total. The fraction of sp³-hybridized carbons (Fsp3) is 0.212. The van der Waals surface area contributed by atoms with Crippen LogP contribution in [-0.4, -0.2) is 44.3 Å². The summed E-state index contributed by atoms with van der Waals surface area (Å²) in [4.78, 5) is 29.5. The average Bonchev–Trinajstić information content (AvgIpc) is 3.03. The van der Waals surface area contributed by atoms with E-state index in [0.29, 0.717) is 28.6 Å². The van der Waals surface area contributed by atoms with Gasteiger partial charge in [-0.3, -0.25) is 13.9 Å². The van der Waals surface area contributed by atoms with Crippen LogP contribution in [0.15, 0.2) is 102 Å². The monoisotopic (exact) mass is 705 g/mol. The Morgan fingerprint density at radius 1 is 0.800 bits per heavy atom. The van der Waals surface area contributed by atoms with E-state index in [9.17, 15) is 18.0 Å². The van der Waals surface area contributed by atoms with Crippen molar-refractivity contribution in [2.45, 2.75) is 37.2 Å². The molecule has 0 fully saturated rings. The van der Waals surface area contributed by atoms with Crippen molar-refractivity contribution < 1.29 is 18.0 Å². The van der Waals surface area contributed by atoms with Gasteiger partial charge in [0.2, 0.25) is 11.8 Å². The highest BCUT2D eigenvalue weighted by Gasteiger charge is 2.35. The summed E-state index contributed by atoms with van der Waals surface area (Å²) in [6, 6.07) is 25.1. The maximum absolute atomic E-state index is 14.5. The van der Waals surface area contributed by atoms with Gasteiger partial charge in [0.1, 0.15) is 12.6 Å². The number of sulfonamides is 1. The zero-order valence-corrected chi connectivity index (χ0v) is 28.1. The molecule has 0 bridgehead atoms. The van der Waals surface area contributed by atoms with E-state index in [0.717, 1.165) is 9.87 Å². The van der Waals surface area contributed by atoms with Crippen LogP contribution in [0, 0.1) is 0 Å². The number of hydrogen-bond acceptors (Lipinski definition) is 4. The Bertz CT molecular complexity index is 1720. The summed E-state index contributed by atoms with van der Waals surface area (Å²) in [6.07, 6.45) is 0.817. The number of carbonyl (C=O) groups excluding carboxylic acids is 2. The van der Waals surface area contributed by atoms with Gasteiger partial charge in [0.15, 0.2) is 0 Å². The first-order chi connectivity index (χ1) is 21.5. The smallest absolute Gasteiger partial charge is 0.264 e. The van der Waals surface area contributed by atoms with Gasteiger partial charge < -0.3 is 10.2 Å². The van der Waals surface area contributed by atoms with Crippen LogP contribution in [0.1, 0.15) is 24.5 Å². The lowest BCUT2D eigenvalue weighted by molar-refractivity contribution is -0.140. The molecule has 0 aliphatic heterocycles. The van der Waals surface area contributed by atoms with Crippen molar-refractivity contribution in [2.24, 2.45) is 0 Å². The van der Waals surface area contributed by atoms with Crippen molar-refractivity contribution in [1.82, 2.24) is 10.2 Å². The van der Waals surface area contributed by atoms with E-state index < -0.39 is 34.4 Å². The van der Waals surface area contributed by atoms with Crippen LogP contribution in [0.25, 0.3) is 0 Å². The van der Waals surface area contributed by atoms with Crippen molar-refractivity contribution in [3.63, 3.8) is 0 Å². The van der Waals surface area contributed by atoms with Crippen molar-refractivity contribution >= 4 is 73.9 Å². The molecule has 4 rings (SSSR count). The van der Waals surface area contributed by atoms with Gasteiger partial charge in [0.25, 0.3) is 10.0 Å². The van der Waals surface area contributed by atoms with Gasteiger partial charge in [0, 0.05) is 40.1 Å². The molecule has 4 aromatic carbocycles. The van der Waals surface area contributed by atoms with E-state index in [1.807, 2.05) is 37.3 Å². The molecular formula is C33H31Cl4N3O4S. The quantitative estimate of drug-likeness (QED) is 0.155. The van der Waals surface area contributed by atoms with Crippen LogP contribution >= 0.6 is 46.4 Å². The summed E-state index contributed by atoms with van der Waals surface area (Å²) in [6.45, 7) is 1.42. The molecule has 0 aliphatic carbocycles. The first-order valence-electron chi connectivity index (χ1n) is 14.1. The van der Waals surface area contributed by atoms with Crippen LogP contribution in [0.5, 0.6) is 0 Å². The van der Waals surface area contributed by atoms with Crippen LogP contribution in [0.4, 0.5) is 5.69 Å². The molecule has 0 aromatic heterocycles. The number of hydrogen-bond donors (Lipinski definition) is 1. The predicted molar refractivity (Wildman–Crippen MR) is 182 cm³/mol. The lowest BCUT2D eigenvalue weighted by Gasteiger charge is -2.34. The number of rotatable bonds is 13. The standard InChI is InChI=1S/C33H31Cl4N3O4S/c1-2-18-38-33(42)31(19-23-10-5-3-6-11-23)39(21-26-27(35)14-9-15-28(26)36)32(41)22-40(30-20-24(34)16-17-29(30)37)45(43,44)25-12-7-4-8-13-25/h3-17,20,31H,2,18-19,21-22H2,1H3,(H,38,42). The van der Waals surface area contributed by atoms with Crippen molar-refractivity contribution in [3.05, 3.63) is 128 Å². The zero-order valence-electron chi connectivity index (χ0n) is 24.3. The maximum atomic E-state index is 14.5. The van der Waals surface area contributed by atoms with Crippen LogP contribution < -0.4 is 9.62 Å². The fourth-order valence-electron chi connectivity index (χ4n) is 4.68. The Morgan fingerprint density at radius 3 is 2.04 bits per heavy atom. The highest BCUT2D eigenvalue weighted by Crippen LogP contribution is 2.34. The number of benzene rings is 4. The van der Waals surface area contributed by atoms with Gasteiger partial charge in [-0.1, -0.05) is 108 Å². The van der Waals surface area contributed by atoms with Crippen molar-refractivity contribution in [2.75, 3.05) is 17.4 Å².